The molecule has 88 valence electrons. The lowest BCUT2D eigenvalue weighted by molar-refractivity contribution is 0.416. The van der Waals surface area contributed by atoms with Crippen LogP contribution in [-0.4, -0.2) is 7.11 Å². The average Bonchev–Trinajstić information content (AvgIpc) is 2.38. The fourth-order valence-corrected chi connectivity index (χ4v) is 2.23. The van der Waals surface area contributed by atoms with Crippen molar-refractivity contribution in [3.8, 4) is 16.9 Å². The van der Waals surface area contributed by atoms with Crippen molar-refractivity contribution in [1.29, 1.82) is 0 Å². The van der Waals surface area contributed by atoms with Crippen LogP contribution in [0.1, 0.15) is 11.1 Å². The summed E-state index contributed by atoms with van der Waals surface area (Å²) in [5.41, 5.74) is 4.86. The lowest BCUT2D eigenvalue weighted by Crippen LogP contribution is -1.90. The maximum Gasteiger partial charge on any atom is 0.126 e. The molecule has 0 saturated heterocycles. The molecule has 0 amide bonds. The predicted octanol–water partition coefficient (Wildman–Crippen LogP) is 4.57. The van der Waals surface area contributed by atoms with Crippen molar-refractivity contribution in [2.45, 2.75) is 12.3 Å². The molecule has 0 atom stereocenters. The van der Waals surface area contributed by atoms with E-state index < -0.39 is 0 Å². The van der Waals surface area contributed by atoms with E-state index in [4.69, 9.17) is 4.74 Å². The fraction of sp³-hybridized carbons (Fsp3) is 0.200. The van der Waals surface area contributed by atoms with Gasteiger partial charge in [0.1, 0.15) is 5.75 Å². The summed E-state index contributed by atoms with van der Waals surface area (Å²) in [5, 5.41) is 0.857. The molecule has 0 heterocycles. The van der Waals surface area contributed by atoms with E-state index >= 15 is 0 Å². The second kappa shape index (κ2) is 5.37. The molecule has 0 saturated carbocycles. The van der Waals surface area contributed by atoms with Gasteiger partial charge in [0.05, 0.1) is 7.11 Å². The minimum atomic E-state index is 0.857. The van der Waals surface area contributed by atoms with E-state index in [9.17, 15) is 0 Å². The first-order valence-corrected chi connectivity index (χ1v) is 6.66. The maximum absolute atomic E-state index is 5.42. The van der Waals surface area contributed by atoms with Crippen LogP contribution >= 0.6 is 15.9 Å². The van der Waals surface area contributed by atoms with Crippen LogP contribution in [0.5, 0.6) is 5.75 Å². The van der Waals surface area contributed by atoms with Crippen LogP contribution in [-0.2, 0) is 5.33 Å². The van der Waals surface area contributed by atoms with Crippen molar-refractivity contribution in [3.63, 3.8) is 0 Å². The molecule has 17 heavy (non-hydrogen) atoms. The molecule has 2 heteroatoms. The van der Waals surface area contributed by atoms with Gasteiger partial charge in [0.2, 0.25) is 0 Å². The zero-order chi connectivity index (χ0) is 12.3. The van der Waals surface area contributed by atoms with Gasteiger partial charge in [0, 0.05) is 10.9 Å². The molecule has 0 aromatic heterocycles. The highest BCUT2D eigenvalue weighted by Gasteiger charge is 2.06. The minimum Gasteiger partial charge on any atom is -0.496 e. The first-order chi connectivity index (χ1) is 8.24. The molecular formula is C15H15BrO. The summed E-state index contributed by atoms with van der Waals surface area (Å²) >= 11 is 3.48. The van der Waals surface area contributed by atoms with Crippen molar-refractivity contribution in [2.24, 2.45) is 0 Å². The maximum atomic E-state index is 5.42. The first kappa shape index (κ1) is 12.2. The van der Waals surface area contributed by atoms with Crippen molar-refractivity contribution in [2.75, 3.05) is 7.11 Å². The molecule has 2 aromatic carbocycles. The van der Waals surface area contributed by atoms with E-state index in [-0.39, 0.29) is 0 Å². The van der Waals surface area contributed by atoms with Crippen LogP contribution in [0, 0.1) is 6.92 Å². The Hall–Kier alpha value is -1.28. The minimum absolute atomic E-state index is 0.857. The number of aryl methyl sites for hydroxylation is 1. The van der Waals surface area contributed by atoms with Gasteiger partial charge in [-0.3, -0.25) is 0 Å². The van der Waals surface area contributed by atoms with Gasteiger partial charge in [0.15, 0.2) is 0 Å². The quantitative estimate of drug-likeness (QED) is 0.753. The third-order valence-corrected chi connectivity index (χ3v) is 3.39. The summed E-state index contributed by atoms with van der Waals surface area (Å²) in [6.45, 7) is 2.10. The lowest BCUT2D eigenvalue weighted by atomic mass is 10.0. The number of methoxy groups -OCH3 is 1. The Balaban J connectivity index is 2.56. The summed E-state index contributed by atoms with van der Waals surface area (Å²) < 4.78 is 5.42. The van der Waals surface area contributed by atoms with Gasteiger partial charge in [-0.15, -0.1) is 0 Å². The normalized spacial score (nSPS) is 10.3. The zero-order valence-corrected chi connectivity index (χ0v) is 11.6. The van der Waals surface area contributed by atoms with Crippen LogP contribution in [0.25, 0.3) is 11.1 Å². The van der Waals surface area contributed by atoms with E-state index in [1.165, 1.54) is 16.7 Å². The van der Waals surface area contributed by atoms with Gasteiger partial charge in [0.25, 0.3) is 0 Å². The van der Waals surface area contributed by atoms with Crippen molar-refractivity contribution < 1.29 is 4.74 Å². The third-order valence-electron chi connectivity index (χ3n) is 2.75. The van der Waals surface area contributed by atoms with E-state index in [1.807, 2.05) is 6.07 Å². The molecule has 2 rings (SSSR count). The average molecular weight is 291 g/mol. The highest BCUT2D eigenvalue weighted by atomic mass is 79.9. The second-order valence-corrected chi connectivity index (χ2v) is 4.60. The van der Waals surface area contributed by atoms with Crippen LogP contribution in [0.3, 0.4) is 0 Å². The van der Waals surface area contributed by atoms with Gasteiger partial charge in [-0.2, -0.15) is 0 Å². The standard InChI is InChI=1S/C15H15BrO/c1-11-4-3-5-13(8-11)14-9-12(10-16)6-7-15(14)17-2/h3-9H,10H2,1-2H3. The molecule has 1 nitrogen and oxygen atoms in total. The molecular weight excluding hydrogens is 276 g/mol. The van der Waals surface area contributed by atoms with Crippen LogP contribution in [0.4, 0.5) is 0 Å². The Bertz CT molecular complexity index is 520. The molecule has 0 spiro atoms. The zero-order valence-electron chi connectivity index (χ0n) is 10.0. The Morgan fingerprint density at radius 3 is 2.59 bits per heavy atom. The largest absolute Gasteiger partial charge is 0.496 e. The highest BCUT2D eigenvalue weighted by Crippen LogP contribution is 2.31. The summed E-state index contributed by atoms with van der Waals surface area (Å²) in [6.07, 6.45) is 0. The highest BCUT2D eigenvalue weighted by molar-refractivity contribution is 9.08. The number of hydrogen-bond donors (Lipinski definition) is 0. The van der Waals surface area contributed by atoms with Gasteiger partial charge in [-0.05, 0) is 30.2 Å². The molecule has 0 bridgehead atoms. The van der Waals surface area contributed by atoms with Crippen LogP contribution in [0.15, 0.2) is 42.5 Å². The van der Waals surface area contributed by atoms with E-state index in [2.05, 4.69) is 59.3 Å². The number of ether oxygens (including phenoxy) is 1. The van der Waals surface area contributed by atoms with Crippen molar-refractivity contribution in [3.05, 3.63) is 53.6 Å². The Morgan fingerprint density at radius 1 is 1.12 bits per heavy atom. The predicted molar refractivity (Wildman–Crippen MR) is 75.8 cm³/mol. The molecule has 0 fully saturated rings. The third kappa shape index (κ3) is 2.70. The number of halogens is 1. The summed E-state index contributed by atoms with van der Waals surface area (Å²) in [6, 6.07) is 14.7. The van der Waals surface area contributed by atoms with Gasteiger partial charge in [-0.25, -0.2) is 0 Å². The summed E-state index contributed by atoms with van der Waals surface area (Å²) in [5.74, 6) is 0.917. The van der Waals surface area contributed by atoms with Crippen molar-refractivity contribution in [1.82, 2.24) is 0 Å². The molecule has 0 aliphatic heterocycles. The van der Waals surface area contributed by atoms with E-state index in [0.717, 1.165) is 16.6 Å². The molecule has 0 aliphatic carbocycles. The SMILES string of the molecule is COc1ccc(CBr)cc1-c1cccc(C)c1. The molecule has 0 radical (unpaired) electrons. The van der Waals surface area contributed by atoms with Crippen LogP contribution < -0.4 is 4.74 Å². The molecule has 0 unspecified atom stereocenters. The molecule has 0 N–H and O–H groups in total. The molecule has 2 aromatic rings. The number of benzene rings is 2. The Morgan fingerprint density at radius 2 is 1.94 bits per heavy atom. The second-order valence-electron chi connectivity index (χ2n) is 4.04. The molecule has 0 aliphatic rings. The first-order valence-electron chi connectivity index (χ1n) is 5.54. The van der Waals surface area contributed by atoms with Gasteiger partial charge < -0.3 is 4.74 Å². The topological polar surface area (TPSA) is 9.23 Å². The van der Waals surface area contributed by atoms with Crippen molar-refractivity contribution >= 4 is 15.9 Å². The fourth-order valence-electron chi connectivity index (χ4n) is 1.88. The van der Waals surface area contributed by atoms with Crippen LogP contribution in [0.2, 0.25) is 0 Å². The van der Waals surface area contributed by atoms with Gasteiger partial charge >= 0.3 is 0 Å². The van der Waals surface area contributed by atoms with E-state index in [1.54, 1.807) is 7.11 Å². The smallest absolute Gasteiger partial charge is 0.126 e. The summed E-state index contributed by atoms with van der Waals surface area (Å²) in [4.78, 5) is 0. The van der Waals surface area contributed by atoms with Gasteiger partial charge in [-0.1, -0.05) is 51.8 Å². The monoisotopic (exact) mass is 290 g/mol. The Kier molecular flexibility index (Phi) is 3.85. The lowest BCUT2D eigenvalue weighted by Gasteiger charge is -2.10. The van der Waals surface area contributed by atoms with E-state index in [0.29, 0.717) is 0 Å². The number of alkyl halides is 1. The number of hydrogen-bond acceptors (Lipinski definition) is 1. The summed E-state index contributed by atoms with van der Waals surface area (Å²) in [7, 11) is 1.71. The Labute approximate surface area is 111 Å². The number of rotatable bonds is 3.